The average molecular weight is 212 g/mol. The Morgan fingerprint density at radius 1 is 1.13 bits per heavy atom. The molecule has 88 valence electrons. The molecule has 2 nitrogen and oxygen atoms in total. The molecule has 2 saturated carbocycles. The molecule has 2 fully saturated rings. The molecule has 2 aliphatic carbocycles. The molecule has 2 rings (SSSR count). The van der Waals surface area contributed by atoms with Crippen molar-refractivity contribution < 1.29 is 9.84 Å². The molecule has 0 aromatic heterocycles. The van der Waals surface area contributed by atoms with E-state index < -0.39 is 0 Å². The van der Waals surface area contributed by atoms with Crippen LogP contribution in [0.4, 0.5) is 0 Å². The molecule has 0 spiro atoms. The molecular formula is C13H24O2. The van der Waals surface area contributed by atoms with Gasteiger partial charge >= 0.3 is 0 Å². The van der Waals surface area contributed by atoms with Crippen molar-refractivity contribution >= 4 is 0 Å². The molecule has 0 heterocycles. The summed E-state index contributed by atoms with van der Waals surface area (Å²) in [6, 6.07) is 0. The van der Waals surface area contributed by atoms with Crippen molar-refractivity contribution in [2.24, 2.45) is 5.92 Å². The van der Waals surface area contributed by atoms with Crippen molar-refractivity contribution in [3.63, 3.8) is 0 Å². The van der Waals surface area contributed by atoms with E-state index in [1.165, 1.54) is 38.5 Å². The quantitative estimate of drug-likeness (QED) is 0.729. The van der Waals surface area contributed by atoms with E-state index >= 15 is 0 Å². The van der Waals surface area contributed by atoms with Gasteiger partial charge < -0.3 is 9.84 Å². The monoisotopic (exact) mass is 212 g/mol. The van der Waals surface area contributed by atoms with Gasteiger partial charge in [0.25, 0.3) is 0 Å². The lowest BCUT2D eigenvalue weighted by molar-refractivity contribution is -0.168. The van der Waals surface area contributed by atoms with Crippen molar-refractivity contribution in [3.05, 3.63) is 0 Å². The Hall–Kier alpha value is -0.0800. The van der Waals surface area contributed by atoms with Gasteiger partial charge in [-0.05, 0) is 25.7 Å². The molecule has 0 radical (unpaired) electrons. The first-order chi connectivity index (χ1) is 7.24. The summed E-state index contributed by atoms with van der Waals surface area (Å²) in [5.41, 5.74) is -0.371. The van der Waals surface area contributed by atoms with Crippen LogP contribution in [0.2, 0.25) is 0 Å². The lowest BCUT2D eigenvalue weighted by Crippen LogP contribution is -2.53. The standard InChI is InChI=1S/C13H24O2/c1-2-15-12-9-13(14,10-12)11-7-5-3-4-6-8-11/h11-12,14H,2-10H2,1H3. The Balaban J connectivity index is 1.82. The second-order valence-corrected chi connectivity index (χ2v) is 5.28. The first kappa shape index (κ1) is 11.4. The van der Waals surface area contributed by atoms with Crippen LogP contribution in [-0.2, 0) is 4.74 Å². The summed E-state index contributed by atoms with van der Waals surface area (Å²) in [5.74, 6) is 0.553. The van der Waals surface area contributed by atoms with E-state index in [1.54, 1.807) is 0 Å². The summed E-state index contributed by atoms with van der Waals surface area (Å²) in [6.07, 6.45) is 9.91. The van der Waals surface area contributed by atoms with Gasteiger partial charge in [0.05, 0.1) is 11.7 Å². The number of ether oxygens (including phenoxy) is 1. The third-order valence-electron chi connectivity index (χ3n) is 4.18. The summed E-state index contributed by atoms with van der Waals surface area (Å²) in [5, 5.41) is 10.5. The van der Waals surface area contributed by atoms with Gasteiger partial charge in [-0.25, -0.2) is 0 Å². The minimum atomic E-state index is -0.371. The lowest BCUT2D eigenvalue weighted by Gasteiger charge is -2.48. The lowest BCUT2D eigenvalue weighted by atomic mass is 9.67. The third-order valence-corrected chi connectivity index (χ3v) is 4.18. The van der Waals surface area contributed by atoms with Crippen LogP contribution in [0.25, 0.3) is 0 Å². The van der Waals surface area contributed by atoms with Gasteiger partial charge in [-0.3, -0.25) is 0 Å². The van der Waals surface area contributed by atoms with E-state index in [4.69, 9.17) is 4.74 Å². The minimum absolute atomic E-state index is 0.336. The van der Waals surface area contributed by atoms with Crippen LogP contribution in [0.1, 0.15) is 58.3 Å². The second-order valence-electron chi connectivity index (χ2n) is 5.28. The fourth-order valence-corrected chi connectivity index (χ4v) is 3.23. The Kier molecular flexibility index (Phi) is 3.68. The Morgan fingerprint density at radius 2 is 1.73 bits per heavy atom. The molecule has 0 saturated heterocycles. The molecule has 15 heavy (non-hydrogen) atoms. The summed E-state index contributed by atoms with van der Waals surface area (Å²) in [7, 11) is 0. The third kappa shape index (κ3) is 2.54. The van der Waals surface area contributed by atoms with Crippen molar-refractivity contribution in [2.45, 2.75) is 70.0 Å². The number of aliphatic hydroxyl groups is 1. The largest absolute Gasteiger partial charge is 0.389 e. The van der Waals surface area contributed by atoms with Crippen molar-refractivity contribution in [1.82, 2.24) is 0 Å². The van der Waals surface area contributed by atoms with E-state index in [1.807, 2.05) is 6.92 Å². The predicted octanol–water partition coefficient (Wildman–Crippen LogP) is 2.89. The van der Waals surface area contributed by atoms with Crippen LogP contribution in [0.5, 0.6) is 0 Å². The van der Waals surface area contributed by atoms with Gasteiger partial charge in [-0.15, -0.1) is 0 Å². The zero-order chi connectivity index (χ0) is 10.7. The highest BCUT2D eigenvalue weighted by molar-refractivity contribution is 5.00. The Bertz CT molecular complexity index is 189. The van der Waals surface area contributed by atoms with Crippen molar-refractivity contribution in [2.75, 3.05) is 6.61 Å². The topological polar surface area (TPSA) is 29.5 Å². The zero-order valence-corrected chi connectivity index (χ0v) is 9.87. The van der Waals surface area contributed by atoms with Crippen molar-refractivity contribution in [1.29, 1.82) is 0 Å². The molecule has 1 N–H and O–H groups in total. The fraction of sp³-hybridized carbons (Fsp3) is 1.00. The van der Waals surface area contributed by atoms with Crippen LogP contribution < -0.4 is 0 Å². The summed E-state index contributed by atoms with van der Waals surface area (Å²) in [4.78, 5) is 0. The van der Waals surface area contributed by atoms with Crippen LogP contribution in [0.15, 0.2) is 0 Å². The number of hydrogen-bond donors (Lipinski definition) is 1. The van der Waals surface area contributed by atoms with Gasteiger partial charge in [0, 0.05) is 19.4 Å². The molecule has 0 unspecified atom stereocenters. The van der Waals surface area contributed by atoms with E-state index in [-0.39, 0.29) is 5.60 Å². The van der Waals surface area contributed by atoms with Gasteiger partial charge in [0.15, 0.2) is 0 Å². The summed E-state index contributed by atoms with van der Waals surface area (Å²) in [6.45, 7) is 2.81. The number of rotatable bonds is 3. The Labute approximate surface area is 93.0 Å². The highest BCUT2D eigenvalue weighted by Crippen LogP contribution is 2.45. The maximum atomic E-state index is 10.5. The molecule has 0 aromatic rings. The SMILES string of the molecule is CCOC1CC(O)(C2CCCCCC2)C1. The normalized spacial score (nSPS) is 38.4. The van der Waals surface area contributed by atoms with Gasteiger partial charge in [-0.1, -0.05) is 25.7 Å². The van der Waals surface area contributed by atoms with Crippen LogP contribution >= 0.6 is 0 Å². The number of hydrogen-bond acceptors (Lipinski definition) is 2. The summed E-state index contributed by atoms with van der Waals surface area (Å²) >= 11 is 0. The predicted molar refractivity (Wildman–Crippen MR) is 60.8 cm³/mol. The average Bonchev–Trinajstić information content (AvgIpc) is 2.43. The highest BCUT2D eigenvalue weighted by atomic mass is 16.5. The molecule has 0 amide bonds. The second kappa shape index (κ2) is 4.84. The fourth-order valence-electron chi connectivity index (χ4n) is 3.23. The molecule has 0 atom stereocenters. The van der Waals surface area contributed by atoms with E-state index in [0.717, 1.165) is 19.4 Å². The highest BCUT2D eigenvalue weighted by Gasteiger charge is 2.48. The van der Waals surface area contributed by atoms with Crippen LogP contribution in [0, 0.1) is 5.92 Å². The molecule has 0 bridgehead atoms. The van der Waals surface area contributed by atoms with Crippen LogP contribution in [0.3, 0.4) is 0 Å². The Morgan fingerprint density at radius 3 is 2.27 bits per heavy atom. The maximum Gasteiger partial charge on any atom is 0.0725 e. The van der Waals surface area contributed by atoms with E-state index in [9.17, 15) is 5.11 Å². The first-order valence-corrected chi connectivity index (χ1v) is 6.58. The molecule has 0 aromatic carbocycles. The van der Waals surface area contributed by atoms with E-state index in [0.29, 0.717) is 12.0 Å². The van der Waals surface area contributed by atoms with Gasteiger partial charge in [-0.2, -0.15) is 0 Å². The maximum absolute atomic E-state index is 10.5. The zero-order valence-electron chi connectivity index (χ0n) is 9.87. The minimum Gasteiger partial charge on any atom is -0.389 e. The molecule has 0 aliphatic heterocycles. The van der Waals surface area contributed by atoms with E-state index in [2.05, 4.69) is 0 Å². The van der Waals surface area contributed by atoms with Gasteiger partial charge in [0.2, 0.25) is 0 Å². The first-order valence-electron chi connectivity index (χ1n) is 6.58. The summed E-state index contributed by atoms with van der Waals surface area (Å²) < 4.78 is 5.54. The van der Waals surface area contributed by atoms with Crippen LogP contribution in [-0.4, -0.2) is 23.4 Å². The van der Waals surface area contributed by atoms with Crippen molar-refractivity contribution in [3.8, 4) is 0 Å². The molecule has 2 aliphatic rings. The molecule has 2 heteroatoms. The smallest absolute Gasteiger partial charge is 0.0725 e. The molecular weight excluding hydrogens is 188 g/mol. The van der Waals surface area contributed by atoms with Gasteiger partial charge in [0.1, 0.15) is 0 Å².